The molecule has 106 valence electrons. The van der Waals surface area contributed by atoms with Gasteiger partial charge in [-0.2, -0.15) is 0 Å². The Hall–Kier alpha value is -1.46. The first-order valence-corrected chi connectivity index (χ1v) is 7.85. The van der Waals surface area contributed by atoms with Crippen molar-refractivity contribution >= 4 is 22.2 Å². The molecule has 5 heteroatoms. The molecular weight excluding hydrogens is 273 g/mol. The average molecular weight is 291 g/mol. The summed E-state index contributed by atoms with van der Waals surface area (Å²) in [5.74, 6) is -0.206. The van der Waals surface area contributed by atoms with Gasteiger partial charge in [-0.1, -0.05) is 12.1 Å². The number of nitrogens with zero attached hydrogens (tertiary/aromatic N) is 2. The van der Waals surface area contributed by atoms with Crippen molar-refractivity contribution in [1.29, 1.82) is 0 Å². The van der Waals surface area contributed by atoms with E-state index in [1.165, 1.54) is 18.9 Å². The van der Waals surface area contributed by atoms with Crippen LogP contribution >= 0.6 is 11.3 Å². The summed E-state index contributed by atoms with van der Waals surface area (Å²) in [5.41, 5.74) is 1.62. The minimum atomic E-state index is -0.206. The lowest BCUT2D eigenvalue weighted by molar-refractivity contribution is 0.625. The number of halogens is 1. The van der Waals surface area contributed by atoms with E-state index in [-0.39, 0.29) is 5.82 Å². The van der Waals surface area contributed by atoms with Gasteiger partial charge in [0.2, 0.25) is 0 Å². The zero-order valence-corrected chi connectivity index (χ0v) is 12.3. The van der Waals surface area contributed by atoms with Gasteiger partial charge in [-0.25, -0.2) is 9.37 Å². The number of nitrogens with one attached hydrogen (secondary N) is 1. The summed E-state index contributed by atoms with van der Waals surface area (Å²) in [6, 6.07) is 7.52. The Bertz CT molecular complexity index is 580. The third-order valence-corrected chi connectivity index (χ3v) is 4.29. The average Bonchev–Trinajstić information content (AvgIpc) is 3.18. The van der Waals surface area contributed by atoms with Crippen LogP contribution in [0.3, 0.4) is 0 Å². The summed E-state index contributed by atoms with van der Waals surface area (Å²) in [4.78, 5) is 6.53. The predicted molar refractivity (Wildman–Crippen MR) is 81.1 cm³/mol. The van der Waals surface area contributed by atoms with Gasteiger partial charge in [0.15, 0.2) is 5.13 Å². The Morgan fingerprint density at radius 1 is 1.40 bits per heavy atom. The zero-order chi connectivity index (χ0) is 13.9. The number of rotatable bonds is 6. The summed E-state index contributed by atoms with van der Waals surface area (Å²) in [6.45, 7) is 3.51. The van der Waals surface area contributed by atoms with Crippen molar-refractivity contribution in [1.82, 2.24) is 10.3 Å². The molecule has 0 unspecified atom stereocenters. The van der Waals surface area contributed by atoms with E-state index < -0.39 is 0 Å². The number of hydrogen-bond acceptors (Lipinski definition) is 4. The molecule has 1 aromatic carbocycles. The van der Waals surface area contributed by atoms with Gasteiger partial charge in [0.1, 0.15) is 5.82 Å². The maximum atomic E-state index is 13.9. The van der Waals surface area contributed by atoms with E-state index in [0.717, 1.165) is 17.4 Å². The summed E-state index contributed by atoms with van der Waals surface area (Å²) in [6.07, 6.45) is 2.54. The van der Waals surface area contributed by atoms with E-state index in [4.69, 9.17) is 0 Å². The molecule has 0 atom stereocenters. The molecule has 0 spiro atoms. The van der Waals surface area contributed by atoms with Gasteiger partial charge in [-0.15, -0.1) is 11.3 Å². The predicted octanol–water partition coefficient (Wildman–Crippen LogP) is 3.69. The van der Waals surface area contributed by atoms with Gasteiger partial charge in [-0.3, -0.25) is 0 Å². The van der Waals surface area contributed by atoms with Crippen LogP contribution in [0.2, 0.25) is 0 Å². The molecule has 1 heterocycles. The minimum Gasteiger partial charge on any atom is -0.315 e. The van der Waals surface area contributed by atoms with Crippen LogP contribution in [0.5, 0.6) is 0 Å². The molecule has 0 bridgehead atoms. The Kier molecular flexibility index (Phi) is 3.98. The maximum Gasteiger partial charge on any atom is 0.190 e. The van der Waals surface area contributed by atoms with E-state index in [9.17, 15) is 4.39 Å². The molecule has 20 heavy (non-hydrogen) atoms. The first-order chi connectivity index (χ1) is 9.78. The molecule has 0 amide bonds. The number of thiazole rings is 1. The number of para-hydroxylation sites is 1. The van der Waals surface area contributed by atoms with Crippen LogP contribution in [0.15, 0.2) is 29.6 Å². The third-order valence-electron chi connectivity index (χ3n) is 3.38. The van der Waals surface area contributed by atoms with Crippen LogP contribution < -0.4 is 10.2 Å². The molecule has 3 rings (SSSR count). The highest BCUT2D eigenvalue weighted by Gasteiger charge is 2.21. The van der Waals surface area contributed by atoms with Gasteiger partial charge in [0.05, 0.1) is 11.4 Å². The maximum absolute atomic E-state index is 13.9. The monoisotopic (exact) mass is 291 g/mol. The highest BCUT2D eigenvalue weighted by Crippen LogP contribution is 2.30. The molecule has 1 aliphatic carbocycles. The SMILES string of the molecule is CCN(c1nc(CNC2CC2)cs1)c1ccccc1F. The van der Waals surface area contributed by atoms with E-state index in [2.05, 4.69) is 10.3 Å². The fourth-order valence-corrected chi connectivity index (χ4v) is 3.02. The van der Waals surface area contributed by atoms with Crippen molar-refractivity contribution in [3.05, 3.63) is 41.2 Å². The van der Waals surface area contributed by atoms with Crippen LogP contribution in [0.4, 0.5) is 15.2 Å². The summed E-state index contributed by atoms with van der Waals surface area (Å²) in [5, 5.41) is 6.35. The molecule has 1 aromatic heterocycles. The number of anilines is 2. The topological polar surface area (TPSA) is 28.2 Å². The lowest BCUT2D eigenvalue weighted by Crippen LogP contribution is -2.18. The molecule has 0 radical (unpaired) electrons. The van der Waals surface area contributed by atoms with Crippen LogP contribution in [-0.4, -0.2) is 17.6 Å². The molecule has 1 fully saturated rings. The van der Waals surface area contributed by atoms with Gasteiger partial charge >= 0.3 is 0 Å². The standard InChI is InChI=1S/C15H18FN3S/c1-2-19(14-6-4-3-5-13(14)16)15-18-12(10-20-15)9-17-11-7-8-11/h3-6,10-11,17H,2,7-9H2,1H3. The molecule has 1 N–H and O–H groups in total. The molecule has 2 aromatic rings. The first-order valence-electron chi connectivity index (χ1n) is 6.97. The fourth-order valence-electron chi connectivity index (χ4n) is 2.12. The second kappa shape index (κ2) is 5.89. The van der Waals surface area contributed by atoms with E-state index >= 15 is 0 Å². The largest absolute Gasteiger partial charge is 0.315 e. The van der Waals surface area contributed by atoms with Crippen molar-refractivity contribution in [3.8, 4) is 0 Å². The normalized spacial score (nSPS) is 14.5. The highest BCUT2D eigenvalue weighted by atomic mass is 32.1. The third kappa shape index (κ3) is 2.99. The van der Waals surface area contributed by atoms with Crippen molar-refractivity contribution in [2.75, 3.05) is 11.4 Å². The molecule has 1 aliphatic rings. The molecular formula is C15H18FN3S. The highest BCUT2D eigenvalue weighted by molar-refractivity contribution is 7.13. The molecule has 3 nitrogen and oxygen atoms in total. The van der Waals surface area contributed by atoms with Gasteiger partial charge in [0, 0.05) is 24.5 Å². The van der Waals surface area contributed by atoms with Crippen molar-refractivity contribution in [3.63, 3.8) is 0 Å². The van der Waals surface area contributed by atoms with Crippen molar-refractivity contribution in [2.45, 2.75) is 32.4 Å². The molecule has 0 saturated heterocycles. The fraction of sp³-hybridized carbons (Fsp3) is 0.400. The van der Waals surface area contributed by atoms with Crippen LogP contribution in [-0.2, 0) is 6.54 Å². The summed E-state index contributed by atoms with van der Waals surface area (Å²) < 4.78 is 13.9. The quantitative estimate of drug-likeness (QED) is 0.879. The Morgan fingerprint density at radius 3 is 2.90 bits per heavy atom. The smallest absolute Gasteiger partial charge is 0.190 e. The van der Waals surface area contributed by atoms with Crippen molar-refractivity contribution < 1.29 is 4.39 Å². The minimum absolute atomic E-state index is 0.206. The van der Waals surface area contributed by atoms with Crippen molar-refractivity contribution in [2.24, 2.45) is 0 Å². The van der Waals surface area contributed by atoms with E-state index in [0.29, 0.717) is 18.3 Å². The summed E-state index contributed by atoms with van der Waals surface area (Å²) >= 11 is 1.57. The Labute approximate surface area is 122 Å². The number of benzene rings is 1. The zero-order valence-electron chi connectivity index (χ0n) is 11.5. The lowest BCUT2D eigenvalue weighted by atomic mass is 10.3. The van der Waals surface area contributed by atoms with Gasteiger partial charge in [-0.05, 0) is 31.9 Å². The number of hydrogen-bond donors (Lipinski definition) is 1. The van der Waals surface area contributed by atoms with Crippen LogP contribution in [0.25, 0.3) is 0 Å². The van der Waals surface area contributed by atoms with Gasteiger partial charge < -0.3 is 10.2 Å². The van der Waals surface area contributed by atoms with Crippen LogP contribution in [0, 0.1) is 5.82 Å². The van der Waals surface area contributed by atoms with Crippen LogP contribution in [0.1, 0.15) is 25.5 Å². The first kappa shape index (κ1) is 13.5. The Morgan fingerprint density at radius 2 is 2.20 bits per heavy atom. The van der Waals surface area contributed by atoms with E-state index in [1.54, 1.807) is 23.5 Å². The van der Waals surface area contributed by atoms with E-state index in [1.807, 2.05) is 23.3 Å². The number of aromatic nitrogens is 1. The second-order valence-corrected chi connectivity index (χ2v) is 5.81. The Balaban J connectivity index is 1.76. The molecule has 1 saturated carbocycles. The lowest BCUT2D eigenvalue weighted by Gasteiger charge is -2.20. The van der Waals surface area contributed by atoms with Gasteiger partial charge in [0.25, 0.3) is 0 Å². The summed E-state index contributed by atoms with van der Waals surface area (Å²) in [7, 11) is 0. The molecule has 0 aliphatic heterocycles. The second-order valence-electron chi connectivity index (χ2n) is 4.97.